The quantitative estimate of drug-likeness (QED) is 0.754. The number of nitrogens with one attached hydrogen (secondary N) is 2. The molecule has 23 heavy (non-hydrogen) atoms. The summed E-state index contributed by atoms with van der Waals surface area (Å²) in [6, 6.07) is 7.22. The van der Waals surface area contributed by atoms with Crippen molar-refractivity contribution >= 4 is 17.5 Å². The number of nitrogens with zero attached hydrogens (tertiary/aromatic N) is 4. The summed E-state index contributed by atoms with van der Waals surface area (Å²) in [4.78, 5) is 8.14. The Labute approximate surface area is 130 Å². The van der Waals surface area contributed by atoms with Gasteiger partial charge in [-0.05, 0) is 29.8 Å². The third kappa shape index (κ3) is 3.94. The van der Waals surface area contributed by atoms with Gasteiger partial charge in [-0.15, -0.1) is 5.10 Å². The maximum atomic E-state index is 13.2. The van der Waals surface area contributed by atoms with Crippen LogP contribution in [0.15, 0.2) is 48.9 Å². The maximum Gasteiger partial charge on any atom is 0.244 e. The van der Waals surface area contributed by atoms with E-state index >= 15 is 0 Å². The van der Waals surface area contributed by atoms with Gasteiger partial charge in [-0.1, -0.05) is 0 Å². The Bertz CT molecular complexity index is 797. The van der Waals surface area contributed by atoms with E-state index in [0.717, 1.165) is 17.7 Å². The van der Waals surface area contributed by atoms with Gasteiger partial charge >= 0.3 is 0 Å². The highest BCUT2D eigenvalue weighted by Crippen LogP contribution is 2.17. The minimum absolute atomic E-state index is 0.314. The van der Waals surface area contributed by atoms with Crippen molar-refractivity contribution in [2.45, 2.75) is 6.54 Å². The highest BCUT2D eigenvalue weighted by atomic mass is 19.2. The molecule has 0 spiro atoms. The fraction of sp³-hybridized carbons (Fsp3) is 0.0667. The Morgan fingerprint density at radius 3 is 2.61 bits per heavy atom. The first-order chi connectivity index (χ1) is 11.2. The molecule has 2 aromatic heterocycles. The molecule has 0 aliphatic carbocycles. The average Bonchev–Trinajstić information content (AvgIpc) is 2.58. The lowest BCUT2D eigenvalue weighted by Crippen LogP contribution is -2.06. The minimum atomic E-state index is -0.937. The zero-order valence-electron chi connectivity index (χ0n) is 11.9. The number of rotatable bonds is 5. The largest absolute Gasteiger partial charge is 0.349 e. The first kappa shape index (κ1) is 14.8. The van der Waals surface area contributed by atoms with Gasteiger partial charge in [0, 0.05) is 30.7 Å². The molecule has 0 bridgehead atoms. The number of hydrogen-bond donors (Lipinski definition) is 2. The van der Waals surface area contributed by atoms with Crippen LogP contribution in [-0.2, 0) is 6.54 Å². The Balaban J connectivity index is 1.68. The molecule has 0 saturated heterocycles. The Morgan fingerprint density at radius 1 is 1.00 bits per heavy atom. The first-order valence-corrected chi connectivity index (χ1v) is 6.75. The number of anilines is 3. The van der Waals surface area contributed by atoms with E-state index in [1.54, 1.807) is 12.4 Å². The Morgan fingerprint density at radius 2 is 1.83 bits per heavy atom. The zero-order valence-corrected chi connectivity index (χ0v) is 11.9. The third-order valence-electron chi connectivity index (χ3n) is 2.95. The molecule has 0 amide bonds. The standard InChI is InChI=1S/C15H12F2N6/c16-12-2-1-11(7-13(12)17)21-14-9-20-23-15(22-14)19-8-10-3-5-18-6-4-10/h1-7,9H,8H2,(H2,19,21,22,23). The van der Waals surface area contributed by atoms with Gasteiger partial charge in [0.1, 0.15) is 0 Å². The Kier molecular flexibility index (Phi) is 4.32. The molecule has 0 unspecified atom stereocenters. The molecule has 3 rings (SSSR count). The fourth-order valence-corrected chi connectivity index (χ4v) is 1.84. The van der Waals surface area contributed by atoms with Crippen molar-refractivity contribution in [3.8, 4) is 0 Å². The van der Waals surface area contributed by atoms with Gasteiger partial charge in [-0.3, -0.25) is 4.98 Å². The van der Waals surface area contributed by atoms with Gasteiger partial charge in [0.25, 0.3) is 0 Å². The number of pyridine rings is 1. The van der Waals surface area contributed by atoms with Crippen LogP contribution in [0.3, 0.4) is 0 Å². The number of hydrogen-bond acceptors (Lipinski definition) is 6. The normalized spacial score (nSPS) is 10.3. The Hall–Kier alpha value is -3.16. The van der Waals surface area contributed by atoms with Crippen LogP contribution in [0.25, 0.3) is 0 Å². The maximum absolute atomic E-state index is 13.2. The van der Waals surface area contributed by atoms with Crippen LogP contribution in [0.2, 0.25) is 0 Å². The molecule has 0 atom stereocenters. The SMILES string of the molecule is Fc1ccc(Nc2cnnc(NCc3ccncc3)n2)cc1F. The molecule has 8 heteroatoms. The van der Waals surface area contributed by atoms with E-state index in [0.29, 0.717) is 24.0 Å². The number of aromatic nitrogens is 4. The molecular formula is C15H12F2N6. The molecule has 1 aromatic carbocycles. The van der Waals surface area contributed by atoms with E-state index in [1.165, 1.54) is 12.3 Å². The molecule has 0 fully saturated rings. The predicted molar refractivity (Wildman–Crippen MR) is 81.0 cm³/mol. The molecule has 0 aliphatic heterocycles. The van der Waals surface area contributed by atoms with Crippen LogP contribution < -0.4 is 10.6 Å². The van der Waals surface area contributed by atoms with Gasteiger partial charge in [-0.2, -0.15) is 10.1 Å². The van der Waals surface area contributed by atoms with E-state index < -0.39 is 11.6 Å². The summed E-state index contributed by atoms with van der Waals surface area (Å²) in [5.74, 6) is -1.17. The van der Waals surface area contributed by atoms with Gasteiger partial charge in [-0.25, -0.2) is 8.78 Å². The lowest BCUT2D eigenvalue weighted by atomic mass is 10.3. The summed E-state index contributed by atoms with van der Waals surface area (Å²) in [5.41, 5.74) is 1.38. The van der Waals surface area contributed by atoms with Crippen molar-refractivity contribution in [2.75, 3.05) is 10.6 Å². The van der Waals surface area contributed by atoms with E-state index in [4.69, 9.17) is 0 Å². The summed E-state index contributed by atoms with van der Waals surface area (Å²) >= 11 is 0. The van der Waals surface area contributed by atoms with Crippen molar-refractivity contribution in [1.29, 1.82) is 0 Å². The number of halogens is 2. The van der Waals surface area contributed by atoms with Crippen molar-refractivity contribution in [3.63, 3.8) is 0 Å². The predicted octanol–water partition coefficient (Wildman–Crippen LogP) is 2.90. The first-order valence-electron chi connectivity index (χ1n) is 6.75. The van der Waals surface area contributed by atoms with E-state index in [2.05, 4.69) is 30.8 Å². The van der Waals surface area contributed by atoms with Crippen LogP contribution in [0.1, 0.15) is 5.56 Å². The highest BCUT2D eigenvalue weighted by Gasteiger charge is 2.05. The van der Waals surface area contributed by atoms with Crippen molar-refractivity contribution < 1.29 is 8.78 Å². The summed E-state index contributed by atoms with van der Waals surface area (Å²) in [6.45, 7) is 0.513. The minimum Gasteiger partial charge on any atom is -0.349 e. The summed E-state index contributed by atoms with van der Waals surface area (Å²) < 4.78 is 26.1. The van der Waals surface area contributed by atoms with Crippen LogP contribution in [0.5, 0.6) is 0 Å². The van der Waals surface area contributed by atoms with Crippen LogP contribution in [0, 0.1) is 11.6 Å². The molecule has 6 nitrogen and oxygen atoms in total. The molecule has 116 valence electrons. The molecule has 3 aromatic rings. The van der Waals surface area contributed by atoms with Crippen LogP contribution in [-0.4, -0.2) is 20.2 Å². The molecule has 2 heterocycles. The van der Waals surface area contributed by atoms with Crippen LogP contribution >= 0.6 is 0 Å². The van der Waals surface area contributed by atoms with Crippen molar-refractivity contribution in [2.24, 2.45) is 0 Å². The number of benzene rings is 1. The van der Waals surface area contributed by atoms with E-state index in [1.807, 2.05) is 12.1 Å². The third-order valence-corrected chi connectivity index (χ3v) is 2.95. The van der Waals surface area contributed by atoms with Crippen molar-refractivity contribution in [1.82, 2.24) is 20.2 Å². The van der Waals surface area contributed by atoms with Gasteiger partial charge in [0.2, 0.25) is 5.95 Å². The fourth-order valence-electron chi connectivity index (χ4n) is 1.84. The van der Waals surface area contributed by atoms with E-state index in [-0.39, 0.29) is 0 Å². The molecule has 0 saturated carbocycles. The second kappa shape index (κ2) is 6.73. The lowest BCUT2D eigenvalue weighted by Gasteiger charge is -2.08. The molecule has 2 N–H and O–H groups in total. The molecular weight excluding hydrogens is 302 g/mol. The highest BCUT2D eigenvalue weighted by molar-refractivity contribution is 5.56. The summed E-state index contributed by atoms with van der Waals surface area (Å²) in [6.07, 6.45) is 4.77. The van der Waals surface area contributed by atoms with Crippen LogP contribution in [0.4, 0.5) is 26.2 Å². The van der Waals surface area contributed by atoms with Gasteiger partial charge < -0.3 is 10.6 Å². The van der Waals surface area contributed by atoms with Gasteiger partial charge in [0.15, 0.2) is 17.5 Å². The zero-order chi connectivity index (χ0) is 16.1. The van der Waals surface area contributed by atoms with E-state index in [9.17, 15) is 8.78 Å². The lowest BCUT2D eigenvalue weighted by molar-refractivity contribution is 0.509. The second-order valence-corrected chi connectivity index (χ2v) is 4.63. The monoisotopic (exact) mass is 314 g/mol. The smallest absolute Gasteiger partial charge is 0.244 e. The molecule has 0 aliphatic rings. The van der Waals surface area contributed by atoms with Gasteiger partial charge in [0.05, 0.1) is 6.20 Å². The summed E-state index contributed by atoms with van der Waals surface area (Å²) in [7, 11) is 0. The summed E-state index contributed by atoms with van der Waals surface area (Å²) in [5, 5.41) is 13.5. The van der Waals surface area contributed by atoms with Crippen molar-refractivity contribution in [3.05, 3.63) is 66.1 Å². The molecule has 0 radical (unpaired) electrons. The average molecular weight is 314 g/mol. The topological polar surface area (TPSA) is 75.6 Å². The second-order valence-electron chi connectivity index (χ2n) is 4.63.